The van der Waals surface area contributed by atoms with E-state index in [9.17, 15) is 14.7 Å². The van der Waals surface area contributed by atoms with Crippen molar-refractivity contribution in [3.8, 4) is 5.75 Å². The van der Waals surface area contributed by atoms with Crippen LogP contribution < -0.4 is 11.1 Å². The number of nitrogens with zero attached hydrogens (tertiary/aromatic N) is 3. The quantitative estimate of drug-likeness (QED) is 0.270. The average molecular weight is 459 g/mol. The van der Waals surface area contributed by atoms with Gasteiger partial charge < -0.3 is 26.0 Å². The number of aromatic hydroxyl groups is 1. The SMILES string of the molecule is NC(=O)[C@@H](CCCNc1ncc[nH]1)N(Cc1ccc(O)cc1)C(=O)c1ccc2ccccc2n1. The van der Waals surface area contributed by atoms with Gasteiger partial charge in [-0.05, 0) is 42.7 Å². The van der Waals surface area contributed by atoms with Crippen molar-refractivity contribution >= 4 is 28.7 Å². The Balaban J connectivity index is 1.58. The van der Waals surface area contributed by atoms with Gasteiger partial charge >= 0.3 is 0 Å². The molecule has 0 saturated carbocycles. The topological polar surface area (TPSA) is 137 Å². The van der Waals surface area contributed by atoms with E-state index >= 15 is 0 Å². The molecule has 9 nitrogen and oxygen atoms in total. The van der Waals surface area contributed by atoms with Gasteiger partial charge in [0, 0.05) is 30.9 Å². The first-order valence-electron chi connectivity index (χ1n) is 11.0. The number of nitrogens with one attached hydrogen (secondary N) is 2. The number of rotatable bonds is 10. The summed E-state index contributed by atoms with van der Waals surface area (Å²) in [5.74, 6) is -0.228. The average Bonchev–Trinajstić information content (AvgIpc) is 3.37. The van der Waals surface area contributed by atoms with E-state index in [2.05, 4.69) is 20.3 Å². The van der Waals surface area contributed by atoms with Crippen molar-refractivity contribution in [2.45, 2.75) is 25.4 Å². The third kappa shape index (κ3) is 5.50. The van der Waals surface area contributed by atoms with Gasteiger partial charge in [0.2, 0.25) is 5.91 Å². The number of phenols is 1. The smallest absolute Gasteiger partial charge is 0.273 e. The second kappa shape index (κ2) is 10.5. The number of aromatic amines is 1. The van der Waals surface area contributed by atoms with Gasteiger partial charge in [0.1, 0.15) is 17.5 Å². The first-order valence-corrected chi connectivity index (χ1v) is 11.0. The standard InChI is InChI=1S/C25H26N6O3/c26-23(33)22(6-3-13-27-25-28-14-15-29-25)31(16-17-7-10-19(32)11-8-17)24(34)21-12-9-18-4-1-2-5-20(18)30-21/h1-2,4-5,7-12,14-15,22,32H,3,6,13,16H2,(H2,26,33)(H2,27,28,29)/t22-/m1/s1. The molecule has 0 fully saturated rings. The number of pyridine rings is 1. The molecule has 0 aliphatic heterocycles. The van der Waals surface area contributed by atoms with Crippen molar-refractivity contribution in [3.05, 3.63) is 84.3 Å². The van der Waals surface area contributed by atoms with Crippen LogP contribution in [-0.2, 0) is 11.3 Å². The molecule has 2 aromatic carbocycles. The molecule has 0 spiro atoms. The van der Waals surface area contributed by atoms with E-state index < -0.39 is 11.9 Å². The molecule has 0 bridgehead atoms. The number of para-hydroxylation sites is 1. The van der Waals surface area contributed by atoms with Crippen molar-refractivity contribution < 1.29 is 14.7 Å². The van der Waals surface area contributed by atoms with Gasteiger partial charge in [-0.15, -0.1) is 0 Å². The third-order valence-electron chi connectivity index (χ3n) is 5.52. The van der Waals surface area contributed by atoms with E-state index in [-0.39, 0.29) is 23.9 Å². The number of nitrogens with two attached hydrogens (primary N) is 1. The summed E-state index contributed by atoms with van der Waals surface area (Å²) >= 11 is 0. The van der Waals surface area contributed by atoms with Crippen LogP contribution in [0.3, 0.4) is 0 Å². The zero-order chi connectivity index (χ0) is 23.9. The first kappa shape index (κ1) is 22.8. The molecule has 0 saturated heterocycles. The van der Waals surface area contributed by atoms with Crippen molar-refractivity contribution in [2.75, 3.05) is 11.9 Å². The second-order valence-corrected chi connectivity index (χ2v) is 7.91. The number of primary amides is 1. The third-order valence-corrected chi connectivity index (χ3v) is 5.52. The number of benzene rings is 2. The summed E-state index contributed by atoms with van der Waals surface area (Å²) in [6, 6.07) is 16.7. The summed E-state index contributed by atoms with van der Waals surface area (Å²) in [4.78, 5) is 39.1. The summed E-state index contributed by atoms with van der Waals surface area (Å²) in [6.45, 7) is 0.694. The Morgan fingerprint density at radius 1 is 1.09 bits per heavy atom. The Morgan fingerprint density at radius 3 is 2.62 bits per heavy atom. The van der Waals surface area contributed by atoms with Crippen LogP contribution in [0.1, 0.15) is 28.9 Å². The number of imidazole rings is 1. The maximum atomic E-state index is 13.6. The van der Waals surface area contributed by atoms with Gasteiger partial charge in [0.15, 0.2) is 5.95 Å². The molecule has 9 heteroatoms. The Morgan fingerprint density at radius 2 is 1.88 bits per heavy atom. The number of phenolic OH excluding ortho intramolecular Hbond substituents is 1. The van der Waals surface area contributed by atoms with Gasteiger partial charge in [-0.2, -0.15) is 0 Å². The van der Waals surface area contributed by atoms with E-state index in [4.69, 9.17) is 5.73 Å². The van der Waals surface area contributed by atoms with Gasteiger partial charge in [-0.1, -0.05) is 36.4 Å². The van der Waals surface area contributed by atoms with E-state index in [0.29, 0.717) is 30.9 Å². The van der Waals surface area contributed by atoms with Crippen molar-refractivity contribution in [3.63, 3.8) is 0 Å². The number of hydrogen-bond donors (Lipinski definition) is 4. The maximum absolute atomic E-state index is 13.6. The summed E-state index contributed by atoms with van der Waals surface area (Å²) in [6.07, 6.45) is 4.30. The predicted molar refractivity (Wildman–Crippen MR) is 129 cm³/mol. The Kier molecular flexibility index (Phi) is 7.02. The van der Waals surface area contributed by atoms with Gasteiger partial charge in [0.05, 0.1) is 5.52 Å². The van der Waals surface area contributed by atoms with Crippen molar-refractivity contribution in [1.82, 2.24) is 19.9 Å². The number of amides is 2. The minimum absolute atomic E-state index is 0.119. The van der Waals surface area contributed by atoms with E-state index in [0.717, 1.165) is 10.9 Å². The van der Waals surface area contributed by atoms with Crippen LogP contribution in [0.2, 0.25) is 0 Å². The van der Waals surface area contributed by atoms with E-state index in [1.807, 2.05) is 30.3 Å². The van der Waals surface area contributed by atoms with Crippen LogP contribution in [0, 0.1) is 0 Å². The number of carbonyl (C=O) groups excluding carboxylic acids is 2. The van der Waals surface area contributed by atoms with Gasteiger partial charge in [0.25, 0.3) is 5.91 Å². The summed E-state index contributed by atoms with van der Waals surface area (Å²) in [5, 5.41) is 13.7. The molecule has 0 aliphatic carbocycles. The zero-order valence-electron chi connectivity index (χ0n) is 18.5. The fourth-order valence-electron chi connectivity index (χ4n) is 3.77. The lowest BCUT2D eigenvalue weighted by Gasteiger charge is -2.30. The number of fused-ring (bicyclic) bond motifs is 1. The van der Waals surface area contributed by atoms with Gasteiger partial charge in [-0.25, -0.2) is 9.97 Å². The van der Waals surface area contributed by atoms with Crippen LogP contribution in [-0.4, -0.2) is 49.4 Å². The molecular formula is C25H26N6O3. The number of carbonyl (C=O) groups is 2. The Bertz CT molecular complexity index is 1260. The fourth-order valence-corrected chi connectivity index (χ4v) is 3.77. The second-order valence-electron chi connectivity index (χ2n) is 7.91. The maximum Gasteiger partial charge on any atom is 0.273 e. The lowest BCUT2D eigenvalue weighted by molar-refractivity contribution is -0.122. The highest BCUT2D eigenvalue weighted by molar-refractivity contribution is 5.97. The monoisotopic (exact) mass is 458 g/mol. The van der Waals surface area contributed by atoms with Crippen LogP contribution in [0.5, 0.6) is 5.75 Å². The number of aromatic nitrogens is 3. The first-order chi connectivity index (χ1) is 16.5. The molecule has 174 valence electrons. The summed E-state index contributed by atoms with van der Waals surface area (Å²) in [7, 11) is 0. The van der Waals surface area contributed by atoms with Crippen LogP contribution in [0.15, 0.2) is 73.1 Å². The molecule has 34 heavy (non-hydrogen) atoms. The largest absolute Gasteiger partial charge is 0.508 e. The highest BCUT2D eigenvalue weighted by atomic mass is 16.3. The van der Waals surface area contributed by atoms with Crippen molar-refractivity contribution in [1.29, 1.82) is 0 Å². The predicted octanol–water partition coefficient (Wildman–Crippen LogP) is 3.05. The van der Waals surface area contributed by atoms with E-state index in [1.165, 1.54) is 4.90 Å². The molecule has 2 amide bonds. The normalized spacial score (nSPS) is 11.8. The highest BCUT2D eigenvalue weighted by Crippen LogP contribution is 2.20. The number of H-pyrrole nitrogens is 1. The Labute approximate surface area is 196 Å². The number of hydrogen-bond acceptors (Lipinski definition) is 6. The Hall–Kier alpha value is -4.40. The molecule has 2 aromatic heterocycles. The molecular weight excluding hydrogens is 432 g/mol. The molecule has 0 radical (unpaired) electrons. The van der Waals surface area contributed by atoms with Crippen LogP contribution >= 0.6 is 0 Å². The molecule has 2 heterocycles. The molecule has 0 unspecified atom stereocenters. The van der Waals surface area contributed by atoms with Crippen LogP contribution in [0.25, 0.3) is 10.9 Å². The van der Waals surface area contributed by atoms with Crippen molar-refractivity contribution in [2.24, 2.45) is 5.73 Å². The lowest BCUT2D eigenvalue weighted by atomic mass is 10.1. The van der Waals surface area contributed by atoms with Crippen LogP contribution in [0.4, 0.5) is 5.95 Å². The fraction of sp³-hybridized carbons (Fsp3) is 0.200. The molecule has 4 aromatic rings. The van der Waals surface area contributed by atoms with Gasteiger partial charge in [-0.3, -0.25) is 9.59 Å². The number of anilines is 1. The minimum Gasteiger partial charge on any atom is -0.508 e. The van der Waals surface area contributed by atoms with E-state index in [1.54, 1.807) is 42.7 Å². The minimum atomic E-state index is -0.840. The highest BCUT2D eigenvalue weighted by Gasteiger charge is 2.29. The lowest BCUT2D eigenvalue weighted by Crippen LogP contribution is -2.48. The summed E-state index contributed by atoms with van der Waals surface area (Å²) < 4.78 is 0. The molecule has 5 N–H and O–H groups in total. The molecule has 4 rings (SSSR count). The summed E-state index contributed by atoms with van der Waals surface area (Å²) in [5.41, 5.74) is 7.45. The zero-order valence-corrected chi connectivity index (χ0v) is 18.5. The molecule has 1 atom stereocenters. The molecule has 0 aliphatic rings.